The average Bonchev–Trinajstić information content (AvgIpc) is 2.53. The molecule has 1 atom stereocenters. The molecule has 1 aromatic carbocycles. The van der Waals surface area contributed by atoms with Crippen molar-refractivity contribution in [2.75, 3.05) is 5.75 Å². The lowest BCUT2D eigenvalue weighted by Crippen LogP contribution is -2.28. The Bertz CT molecular complexity index is 659. The fourth-order valence-corrected chi connectivity index (χ4v) is 2.92. The van der Waals surface area contributed by atoms with Crippen molar-refractivity contribution in [3.63, 3.8) is 0 Å². The average molecular weight is 329 g/mol. The molecule has 1 aromatic heterocycles. The van der Waals surface area contributed by atoms with E-state index in [0.717, 1.165) is 22.1 Å². The van der Waals surface area contributed by atoms with E-state index in [9.17, 15) is 4.79 Å². The van der Waals surface area contributed by atoms with Gasteiger partial charge in [-0.1, -0.05) is 55.9 Å². The molecule has 4 nitrogen and oxygen atoms in total. The molecule has 0 fully saturated rings. The van der Waals surface area contributed by atoms with Crippen molar-refractivity contribution in [3.8, 4) is 0 Å². The van der Waals surface area contributed by atoms with E-state index >= 15 is 0 Å². The van der Waals surface area contributed by atoms with Crippen molar-refractivity contribution in [1.29, 1.82) is 0 Å². The maximum absolute atomic E-state index is 12.1. The van der Waals surface area contributed by atoms with Crippen LogP contribution in [-0.4, -0.2) is 21.6 Å². The van der Waals surface area contributed by atoms with Crippen LogP contribution in [0.15, 0.2) is 41.4 Å². The van der Waals surface area contributed by atoms with E-state index in [1.165, 1.54) is 11.8 Å². The number of thioether (sulfide) groups is 1. The Morgan fingerprint density at radius 3 is 2.52 bits per heavy atom. The first-order valence-corrected chi connectivity index (χ1v) is 8.77. The van der Waals surface area contributed by atoms with Crippen LogP contribution in [0.4, 0.5) is 0 Å². The lowest BCUT2D eigenvalue weighted by Gasteiger charge is -2.14. The molecule has 0 spiro atoms. The van der Waals surface area contributed by atoms with Gasteiger partial charge in [-0.25, -0.2) is 9.97 Å². The normalized spacial score (nSPS) is 12.2. The molecular formula is C18H23N3OS. The van der Waals surface area contributed by atoms with E-state index in [0.29, 0.717) is 5.75 Å². The van der Waals surface area contributed by atoms with Gasteiger partial charge in [0, 0.05) is 11.6 Å². The van der Waals surface area contributed by atoms with E-state index in [-0.39, 0.29) is 17.9 Å². The number of hydrogen-bond acceptors (Lipinski definition) is 4. The summed E-state index contributed by atoms with van der Waals surface area (Å²) < 4.78 is 0. The number of nitrogens with one attached hydrogen (secondary N) is 1. The fourth-order valence-electron chi connectivity index (χ4n) is 2.14. The zero-order chi connectivity index (χ0) is 16.8. The largest absolute Gasteiger partial charge is 0.349 e. The van der Waals surface area contributed by atoms with Crippen LogP contribution in [0.2, 0.25) is 0 Å². The quantitative estimate of drug-likeness (QED) is 0.645. The molecule has 0 saturated carbocycles. The Labute approximate surface area is 142 Å². The van der Waals surface area contributed by atoms with E-state index in [4.69, 9.17) is 0 Å². The molecule has 1 N–H and O–H groups in total. The fraction of sp³-hybridized carbons (Fsp3) is 0.389. The summed E-state index contributed by atoms with van der Waals surface area (Å²) in [5.74, 6) is 1.46. The van der Waals surface area contributed by atoms with Crippen molar-refractivity contribution in [3.05, 3.63) is 53.5 Å². The van der Waals surface area contributed by atoms with Crippen molar-refractivity contribution in [1.82, 2.24) is 15.3 Å². The zero-order valence-electron chi connectivity index (χ0n) is 14.0. The van der Waals surface area contributed by atoms with Crippen LogP contribution in [0.5, 0.6) is 0 Å². The topological polar surface area (TPSA) is 54.9 Å². The predicted octanol–water partition coefficient (Wildman–Crippen LogP) is 3.88. The number of rotatable bonds is 6. The van der Waals surface area contributed by atoms with E-state index in [2.05, 4.69) is 29.1 Å². The Hall–Kier alpha value is -1.88. The summed E-state index contributed by atoms with van der Waals surface area (Å²) in [5.41, 5.74) is 2.04. The Balaban J connectivity index is 1.92. The van der Waals surface area contributed by atoms with E-state index in [1.54, 1.807) is 0 Å². The lowest BCUT2D eigenvalue weighted by molar-refractivity contribution is -0.119. The third-order valence-corrected chi connectivity index (χ3v) is 4.30. The van der Waals surface area contributed by atoms with Gasteiger partial charge in [0.25, 0.3) is 0 Å². The van der Waals surface area contributed by atoms with Gasteiger partial charge in [-0.15, -0.1) is 0 Å². The maximum atomic E-state index is 12.1. The Morgan fingerprint density at radius 1 is 1.17 bits per heavy atom. The number of carbonyl (C=O) groups is 1. The van der Waals surface area contributed by atoms with Crippen LogP contribution in [0.1, 0.15) is 49.8 Å². The van der Waals surface area contributed by atoms with Gasteiger partial charge >= 0.3 is 0 Å². The number of amides is 1. The molecule has 23 heavy (non-hydrogen) atoms. The summed E-state index contributed by atoms with van der Waals surface area (Å²) >= 11 is 1.45. The standard InChI is InChI=1S/C18H23N3OS/c1-12(2)18-19-13(3)10-17(21-18)23-11-16(22)20-14(4)15-8-6-5-7-9-15/h5-10,12,14H,11H2,1-4H3,(H,20,22)/t14-/m0/s1. The summed E-state index contributed by atoms with van der Waals surface area (Å²) in [7, 11) is 0. The molecule has 0 aliphatic heterocycles. The molecule has 2 rings (SSSR count). The van der Waals surface area contributed by atoms with E-state index < -0.39 is 0 Å². The molecule has 5 heteroatoms. The van der Waals surface area contributed by atoms with Crippen molar-refractivity contribution in [2.45, 2.75) is 44.7 Å². The van der Waals surface area contributed by atoms with Gasteiger partial charge in [-0.3, -0.25) is 4.79 Å². The third kappa shape index (κ3) is 5.36. The van der Waals surface area contributed by atoms with Gasteiger partial charge in [0.2, 0.25) is 5.91 Å². The smallest absolute Gasteiger partial charge is 0.230 e. The molecule has 0 bridgehead atoms. The van der Waals surface area contributed by atoms with Gasteiger partial charge in [0.15, 0.2) is 0 Å². The summed E-state index contributed by atoms with van der Waals surface area (Å²) in [4.78, 5) is 21.1. The first-order valence-electron chi connectivity index (χ1n) is 7.78. The van der Waals surface area contributed by atoms with Gasteiger partial charge in [0.1, 0.15) is 10.9 Å². The van der Waals surface area contributed by atoms with Crippen molar-refractivity contribution < 1.29 is 4.79 Å². The van der Waals surface area contributed by atoms with Gasteiger partial charge in [-0.05, 0) is 25.5 Å². The number of carbonyl (C=O) groups excluding carboxylic acids is 1. The molecule has 1 amide bonds. The van der Waals surface area contributed by atoms with Crippen LogP contribution < -0.4 is 5.32 Å². The van der Waals surface area contributed by atoms with Gasteiger partial charge in [0.05, 0.1) is 11.8 Å². The second-order valence-corrected chi connectivity index (χ2v) is 6.84. The summed E-state index contributed by atoms with van der Waals surface area (Å²) in [6.45, 7) is 8.08. The SMILES string of the molecule is Cc1cc(SCC(=O)N[C@@H](C)c2ccccc2)nc(C(C)C)n1. The molecule has 122 valence electrons. The van der Waals surface area contributed by atoms with Crippen LogP contribution >= 0.6 is 11.8 Å². The third-order valence-electron chi connectivity index (χ3n) is 3.39. The number of hydrogen-bond donors (Lipinski definition) is 1. The molecular weight excluding hydrogens is 306 g/mol. The molecule has 0 saturated heterocycles. The number of aryl methyl sites for hydroxylation is 1. The van der Waals surface area contributed by atoms with Gasteiger partial charge < -0.3 is 5.32 Å². The highest BCUT2D eigenvalue weighted by molar-refractivity contribution is 7.99. The molecule has 0 aliphatic rings. The Morgan fingerprint density at radius 2 is 1.87 bits per heavy atom. The molecule has 2 aromatic rings. The minimum absolute atomic E-state index is 0.00246. The number of nitrogens with zero attached hydrogens (tertiary/aromatic N) is 2. The first kappa shape index (κ1) is 17.5. The van der Waals surface area contributed by atoms with Crippen molar-refractivity contribution >= 4 is 17.7 Å². The highest BCUT2D eigenvalue weighted by atomic mass is 32.2. The van der Waals surface area contributed by atoms with E-state index in [1.807, 2.05) is 50.2 Å². The molecule has 1 heterocycles. The maximum Gasteiger partial charge on any atom is 0.230 e. The van der Waals surface area contributed by atoms with Crippen LogP contribution in [-0.2, 0) is 4.79 Å². The number of aromatic nitrogens is 2. The zero-order valence-corrected chi connectivity index (χ0v) is 14.9. The second-order valence-electron chi connectivity index (χ2n) is 5.85. The molecule has 0 radical (unpaired) electrons. The minimum atomic E-state index is 0.00246. The molecule has 0 aliphatic carbocycles. The van der Waals surface area contributed by atoms with Gasteiger partial charge in [-0.2, -0.15) is 0 Å². The van der Waals surface area contributed by atoms with Crippen LogP contribution in [0.3, 0.4) is 0 Å². The summed E-state index contributed by atoms with van der Waals surface area (Å²) in [5, 5.41) is 3.87. The lowest BCUT2D eigenvalue weighted by atomic mass is 10.1. The highest BCUT2D eigenvalue weighted by Gasteiger charge is 2.11. The second kappa shape index (κ2) is 8.11. The van der Waals surface area contributed by atoms with Crippen LogP contribution in [0.25, 0.3) is 0 Å². The summed E-state index contributed by atoms with van der Waals surface area (Å²) in [6.07, 6.45) is 0. The predicted molar refractivity (Wildman–Crippen MR) is 94.6 cm³/mol. The van der Waals surface area contributed by atoms with Crippen molar-refractivity contribution in [2.24, 2.45) is 0 Å². The minimum Gasteiger partial charge on any atom is -0.349 e. The highest BCUT2D eigenvalue weighted by Crippen LogP contribution is 2.19. The monoisotopic (exact) mass is 329 g/mol. The first-order chi connectivity index (χ1) is 11.0. The number of benzene rings is 1. The summed E-state index contributed by atoms with van der Waals surface area (Å²) in [6, 6.07) is 11.9. The molecule has 0 unspecified atom stereocenters. The Kier molecular flexibility index (Phi) is 6.16. The van der Waals surface area contributed by atoms with Crippen LogP contribution in [0, 0.1) is 6.92 Å².